The predicted octanol–water partition coefficient (Wildman–Crippen LogP) is 3.18. The van der Waals surface area contributed by atoms with Gasteiger partial charge in [-0.2, -0.15) is 0 Å². The van der Waals surface area contributed by atoms with Gasteiger partial charge in [-0.15, -0.1) is 0 Å². The maximum Gasteiger partial charge on any atom is 0.227 e. The van der Waals surface area contributed by atoms with Crippen molar-refractivity contribution in [1.29, 1.82) is 0 Å². The Labute approximate surface area is 220 Å². The Kier molecular flexibility index (Phi) is 8.57. The molecule has 3 aromatic rings. The molecular formula is C27H33FN6O4. The summed E-state index contributed by atoms with van der Waals surface area (Å²) < 4.78 is 30.3. The minimum absolute atomic E-state index is 0.0895. The molecule has 3 N–H and O–H groups in total. The largest absolute Gasteiger partial charge is 0.385 e. The highest BCUT2D eigenvalue weighted by atomic mass is 19.1. The van der Waals surface area contributed by atoms with Crippen molar-refractivity contribution in [3.05, 3.63) is 48.2 Å². The molecule has 0 radical (unpaired) electrons. The van der Waals surface area contributed by atoms with Crippen molar-refractivity contribution in [2.45, 2.75) is 32.0 Å². The number of imidazole rings is 1. The van der Waals surface area contributed by atoms with Crippen LogP contribution in [0.15, 0.2) is 36.5 Å². The van der Waals surface area contributed by atoms with Crippen LogP contribution >= 0.6 is 0 Å². The number of nitrogens with one attached hydrogen (secondary N) is 3. The fourth-order valence-electron chi connectivity index (χ4n) is 4.20. The van der Waals surface area contributed by atoms with Crippen molar-refractivity contribution in [3.63, 3.8) is 0 Å². The summed E-state index contributed by atoms with van der Waals surface area (Å²) in [5, 5.41) is 6.19. The molecule has 38 heavy (non-hydrogen) atoms. The molecule has 10 nitrogen and oxygen atoms in total. The zero-order valence-corrected chi connectivity index (χ0v) is 21.4. The molecule has 5 rings (SSSR count). The first-order valence-corrected chi connectivity index (χ1v) is 13.0. The highest BCUT2D eigenvalue weighted by Gasteiger charge is 2.29. The Bertz CT molecular complexity index is 1210. The first kappa shape index (κ1) is 26.2. The maximum absolute atomic E-state index is 13.6. The van der Waals surface area contributed by atoms with Crippen molar-refractivity contribution >= 4 is 11.9 Å². The van der Waals surface area contributed by atoms with Crippen molar-refractivity contribution < 1.29 is 23.4 Å². The minimum atomic E-state index is -0.547. The number of carbonyl (C=O) groups is 1. The molecule has 1 saturated heterocycles. The predicted molar refractivity (Wildman–Crippen MR) is 139 cm³/mol. The van der Waals surface area contributed by atoms with Crippen molar-refractivity contribution in [2.75, 3.05) is 45.3 Å². The Hall–Kier alpha value is -3.41. The third kappa shape index (κ3) is 6.91. The summed E-state index contributed by atoms with van der Waals surface area (Å²) in [6.07, 6.45) is 4.73. The van der Waals surface area contributed by atoms with E-state index >= 15 is 0 Å². The smallest absolute Gasteiger partial charge is 0.227 e. The lowest BCUT2D eigenvalue weighted by Gasteiger charge is -2.28. The number of ether oxygens (including phenoxy) is 3. The van der Waals surface area contributed by atoms with Crippen LogP contribution in [0.2, 0.25) is 0 Å². The number of methoxy groups -OCH3 is 1. The van der Waals surface area contributed by atoms with Crippen LogP contribution in [0.3, 0.4) is 0 Å². The van der Waals surface area contributed by atoms with E-state index in [4.69, 9.17) is 19.2 Å². The number of aromatic amines is 1. The lowest BCUT2D eigenvalue weighted by Crippen LogP contribution is -2.42. The van der Waals surface area contributed by atoms with E-state index in [0.29, 0.717) is 54.3 Å². The van der Waals surface area contributed by atoms with Gasteiger partial charge in [0, 0.05) is 38.6 Å². The van der Waals surface area contributed by atoms with E-state index in [0.717, 1.165) is 18.5 Å². The highest BCUT2D eigenvalue weighted by Crippen LogP contribution is 2.31. The second-order valence-electron chi connectivity index (χ2n) is 9.64. The molecule has 1 aromatic carbocycles. The molecule has 3 heterocycles. The number of halogens is 1. The van der Waals surface area contributed by atoms with Gasteiger partial charge in [0.25, 0.3) is 0 Å². The number of amides is 1. The molecule has 1 aliphatic heterocycles. The van der Waals surface area contributed by atoms with Gasteiger partial charge in [0.1, 0.15) is 11.6 Å². The van der Waals surface area contributed by atoms with Gasteiger partial charge in [-0.3, -0.25) is 4.79 Å². The first-order chi connectivity index (χ1) is 18.6. The summed E-state index contributed by atoms with van der Waals surface area (Å²) in [6, 6.07) is 8.01. The molecule has 1 amide bonds. The number of nitrogens with zero attached hydrogens (tertiary/aromatic N) is 3. The zero-order valence-electron chi connectivity index (χ0n) is 21.4. The second-order valence-corrected chi connectivity index (χ2v) is 9.64. The van der Waals surface area contributed by atoms with Crippen LogP contribution in [-0.2, 0) is 25.4 Å². The van der Waals surface area contributed by atoms with Gasteiger partial charge in [-0.25, -0.2) is 19.3 Å². The van der Waals surface area contributed by atoms with Gasteiger partial charge in [0.2, 0.25) is 11.9 Å². The molecule has 202 valence electrons. The fourth-order valence-corrected chi connectivity index (χ4v) is 4.20. The van der Waals surface area contributed by atoms with Crippen LogP contribution in [0.25, 0.3) is 22.6 Å². The van der Waals surface area contributed by atoms with E-state index in [1.807, 2.05) is 6.07 Å². The molecule has 0 atom stereocenters. The number of H-pyrrole nitrogens is 1. The summed E-state index contributed by atoms with van der Waals surface area (Å²) in [6.45, 7) is 2.53. The molecule has 0 unspecified atom stereocenters. The number of hydrogen-bond acceptors (Lipinski definition) is 8. The monoisotopic (exact) mass is 524 g/mol. The average molecular weight is 525 g/mol. The van der Waals surface area contributed by atoms with Crippen molar-refractivity contribution in [2.24, 2.45) is 11.8 Å². The Balaban J connectivity index is 1.27. The molecule has 0 bridgehead atoms. The van der Waals surface area contributed by atoms with Crippen LogP contribution in [0.5, 0.6) is 0 Å². The number of hydrogen-bond donors (Lipinski definition) is 3. The molecular weight excluding hydrogens is 491 g/mol. The summed E-state index contributed by atoms with van der Waals surface area (Å²) >= 11 is 0. The zero-order chi connectivity index (χ0) is 26.3. The van der Waals surface area contributed by atoms with E-state index in [2.05, 4.69) is 25.6 Å². The van der Waals surface area contributed by atoms with Gasteiger partial charge < -0.3 is 29.8 Å². The number of carbonyl (C=O) groups excluding carboxylic acids is 1. The van der Waals surface area contributed by atoms with Crippen molar-refractivity contribution in [3.8, 4) is 22.6 Å². The minimum Gasteiger partial charge on any atom is -0.385 e. The van der Waals surface area contributed by atoms with Crippen LogP contribution in [0, 0.1) is 17.7 Å². The van der Waals surface area contributed by atoms with Gasteiger partial charge >= 0.3 is 0 Å². The summed E-state index contributed by atoms with van der Waals surface area (Å²) in [5.41, 5.74) is 2.78. The number of anilines is 1. The third-order valence-corrected chi connectivity index (χ3v) is 6.55. The van der Waals surface area contributed by atoms with E-state index in [1.165, 1.54) is 25.0 Å². The van der Waals surface area contributed by atoms with E-state index in [-0.39, 0.29) is 30.9 Å². The summed E-state index contributed by atoms with van der Waals surface area (Å²) in [4.78, 5) is 29.5. The van der Waals surface area contributed by atoms with Crippen LogP contribution < -0.4 is 10.6 Å². The summed E-state index contributed by atoms with van der Waals surface area (Å²) in [7, 11) is 1.63. The highest BCUT2D eigenvalue weighted by molar-refractivity contribution is 5.79. The maximum atomic E-state index is 13.6. The molecule has 2 fully saturated rings. The SMILES string of the molecule is COCCCNC(=O)C1COC(Cc2nc(-c3ccc(F)cc3)c(-c3ccnc(NCC4CC4)n3)[nH]2)OC1. The lowest BCUT2D eigenvalue weighted by atomic mass is 10.1. The first-order valence-electron chi connectivity index (χ1n) is 13.0. The Morgan fingerprint density at radius 2 is 1.95 bits per heavy atom. The fraction of sp³-hybridized carbons (Fsp3) is 0.481. The topological polar surface area (TPSA) is 123 Å². The van der Waals surface area contributed by atoms with Gasteiger partial charge in [-0.1, -0.05) is 0 Å². The van der Waals surface area contributed by atoms with Crippen LogP contribution in [-0.4, -0.2) is 72.2 Å². The third-order valence-electron chi connectivity index (χ3n) is 6.55. The van der Waals surface area contributed by atoms with Gasteiger partial charge in [0.05, 0.1) is 42.6 Å². The standard InChI is InChI=1S/C27H33FN6O4/c1-36-12-2-10-29-26(35)19-15-37-23(38-16-19)13-22-33-24(18-5-7-20(28)8-6-18)25(34-22)21-9-11-30-27(32-21)31-14-17-3-4-17/h5-9,11,17,19,23H,2-4,10,12-16H2,1H3,(H,29,35)(H,33,34)(H,30,31,32). The molecule has 1 saturated carbocycles. The van der Waals surface area contributed by atoms with E-state index in [9.17, 15) is 9.18 Å². The molecule has 1 aliphatic carbocycles. The van der Waals surface area contributed by atoms with Gasteiger partial charge in [-0.05, 0) is 55.5 Å². The van der Waals surface area contributed by atoms with Crippen molar-refractivity contribution in [1.82, 2.24) is 25.3 Å². The molecule has 0 spiro atoms. The normalized spacial score (nSPS) is 19.3. The Morgan fingerprint density at radius 1 is 1.16 bits per heavy atom. The van der Waals surface area contributed by atoms with Crippen LogP contribution in [0.4, 0.5) is 10.3 Å². The molecule has 2 aromatic heterocycles. The number of aromatic nitrogens is 4. The molecule has 11 heteroatoms. The lowest BCUT2D eigenvalue weighted by molar-refractivity contribution is -0.200. The molecule has 2 aliphatic rings. The second kappa shape index (κ2) is 12.4. The Morgan fingerprint density at radius 3 is 2.68 bits per heavy atom. The van der Waals surface area contributed by atoms with Crippen LogP contribution in [0.1, 0.15) is 25.1 Å². The number of rotatable bonds is 12. The van der Waals surface area contributed by atoms with E-state index < -0.39 is 6.29 Å². The average Bonchev–Trinajstić information content (AvgIpc) is 3.69. The summed E-state index contributed by atoms with van der Waals surface area (Å²) in [5.74, 6) is 1.11. The quantitative estimate of drug-likeness (QED) is 0.309. The number of benzene rings is 1. The van der Waals surface area contributed by atoms with E-state index in [1.54, 1.807) is 25.4 Å². The van der Waals surface area contributed by atoms with Gasteiger partial charge in [0.15, 0.2) is 6.29 Å².